The van der Waals surface area contributed by atoms with E-state index in [-0.39, 0.29) is 0 Å². The number of rotatable bonds is 1. The molecule has 0 atom stereocenters. The van der Waals surface area contributed by atoms with Gasteiger partial charge in [-0.3, -0.25) is 4.98 Å². The first-order valence-electron chi connectivity index (χ1n) is 4.17. The van der Waals surface area contributed by atoms with E-state index < -0.39 is 0 Å². The van der Waals surface area contributed by atoms with Crippen LogP contribution in [0.5, 0.6) is 5.75 Å². The van der Waals surface area contributed by atoms with Gasteiger partial charge in [-0.15, -0.1) is 0 Å². The fourth-order valence-electron chi connectivity index (χ4n) is 1.42. The van der Waals surface area contributed by atoms with Crippen LogP contribution in [-0.2, 0) is 6.42 Å². The highest BCUT2D eigenvalue weighted by Gasteiger charge is 2.09. The molecule has 2 rings (SSSR count). The molecule has 0 amide bonds. The van der Waals surface area contributed by atoms with E-state index in [9.17, 15) is 0 Å². The Morgan fingerprint density at radius 1 is 1.58 bits per heavy atom. The molecule has 3 heteroatoms. The minimum atomic E-state index is 0.822. The fourth-order valence-corrected chi connectivity index (χ4v) is 1.42. The zero-order valence-corrected chi connectivity index (χ0v) is 7.13. The largest absolute Gasteiger partial charge is 0.495 e. The van der Waals surface area contributed by atoms with Crippen molar-refractivity contribution in [2.45, 2.75) is 12.8 Å². The second-order valence-electron chi connectivity index (χ2n) is 2.90. The van der Waals surface area contributed by atoms with Gasteiger partial charge in [0.05, 0.1) is 24.7 Å². The number of hydrogen-bond donors (Lipinski definition) is 1. The Morgan fingerprint density at radius 3 is 3.33 bits per heavy atom. The third-order valence-corrected chi connectivity index (χ3v) is 2.09. The van der Waals surface area contributed by atoms with Gasteiger partial charge < -0.3 is 10.1 Å². The van der Waals surface area contributed by atoms with Gasteiger partial charge in [-0.25, -0.2) is 0 Å². The van der Waals surface area contributed by atoms with Crippen molar-refractivity contribution in [3.63, 3.8) is 0 Å². The summed E-state index contributed by atoms with van der Waals surface area (Å²) < 4.78 is 5.08. The summed E-state index contributed by atoms with van der Waals surface area (Å²) in [7, 11) is 1.66. The Kier molecular flexibility index (Phi) is 1.86. The van der Waals surface area contributed by atoms with E-state index in [2.05, 4.69) is 10.3 Å². The van der Waals surface area contributed by atoms with E-state index in [1.807, 2.05) is 6.07 Å². The Hall–Kier alpha value is -1.25. The van der Waals surface area contributed by atoms with Crippen LogP contribution in [0.1, 0.15) is 12.1 Å². The molecule has 0 unspecified atom stereocenters. The van der Waals surface area contributed by atoms with E-state index in [0.717, 1.165) is 30.1 Å². The van der Waals surface area contributed by atoms with Crippen molar-refractivity contribution in [3.8, 4) is 5.75 Å². The normalized spacial score (nSPS) is 14.8. The highest BCUT2D eigenvalue weighted by molar-refractivity contribution is 5.52. The highest BCUT2D eigenvalue weighted by atomic mass is 16.5. The number of anilines is 1. The van der Waals surface area contributed by atoms with Crippen LogP contribution in [0.2, 0.25) is 0 Å². The van der Waals surface area contributed by atoms with Gasteiger partial charge in [0, 0.05) is 12.6 Å². The first kappa shape index (κ1) is 7.40. The smallest absolute Gasteiger partial charge is 0.139 e. The molecule has 0 spiro atoms. The van der Waals surface area contributed by atoms with Gasteiger partial charge in [0.2, 0.25) is 0 Å². The molecule has 2 heterocycles. The number of ether oxygens (including phenoxy) is 1. The van der Waals surface area contributed by atoms with Gasteiger partial charge >= 0.3 is 0 Å². The van der Waals surface area contributed by atoms with Gasteiger partial charge in [-0.2, -0.15) is 0 Å². The van der Waals surface area contributed by atoms with Crippen molar-refractivity contribution < 1.29 is 4.74 Å². The van der Waals surface area contributed by atoms with Crippen LogP contribution in [0.25, 0.3) is 0 Å². The maximum atomic E-state index is 5.08. The zero-order chi connectivity index (χ0) is 8.39. The summed E-state index contributed by atoms with van der Waals surface area (Å²) in [4.78, 5) is 4.30. The van der Waals surface area contributed by atoms with E-state index >= 15 is 0 Å². The number of nitrogens with one attached hydrogen (secondary N) is 1. The Balaban J connectivity index is 2.36. The summed E-state index contributed by atoms with van der Waals surface area (Å²) >= 11 is 0. The molecule has 1 aromatic rings. The molecule has 1 aliphatic heterocycles. The van der Waals surface area contributed by atoms with Gasteiger partial charge in [0.15, 0.2) is 0 Å². The molecule has 0 aromatic carbocycles. The lowest BCUT2D eigenvalue weighted by molar-refractivity contribution is 0.412. The number of aryl methyl sites for hydroxylation is 1. The molecule has 1 N–H and O–H groups in total. The lowest BCUT2D eigenvalue weighted by Gasteiger charge is -2.16. The molecule has 0 fully saturated rings. The first-order valence-corrected chi connectivity index (χ1v) is 4.17. The average Bonchev–Trinajstić information content (AvgIpc) is 2.17. The van der Waals surface area contributed by atoms with E-state index in [0.29, 0.717) is 0 Å². The molecular weight excluding hydrogens is 152 g/mol. The average molecular weight is 164 g/mol. The Labute approximate surface area is 71.8 Å². The molecule has 0 saturated carbocycles. The number of aromatic nitrogens is 1. The molecule has 3 nitrogen and oxygen atoms in total. The van der Waals surface area contributed by atoms with Crippen LogP contribution >= 0.6 is 0 Å². The topological polar surface area (TPSA) is 34.1 Å². The number of fused-ring (bicyclic) bond motifs is 1. The van der Waals surface area contributed by atoms with Crippen molar-refractivity contribution in [2.24, 2.45) is 0 Å². The minimum Gasteiger partial charge on any atom is -0.495 e. The quantitative estimate of drug-likeness (QED) is 0.682. The van der Waals surface area contributed by atoms with Crippen molar-refractivity contribution in [3.05, 3.63) is 18.0 Å². The van der Waals surface area contributed by atoms with E-state index in [1.54, 1.807) is 13.3 Å². The Morgan fingerprint density at radius 2 is 2.50 bits per heavy atom. The Bertz CT molecular complexity index is 286. The summed E-state index contributed by atoms with van der Waals surface area (Å²) in [6.45, 7) is 1.04. The van der Waals surface area contributed by atoms with Crippen LogP contribution in [-0.4, -0.2) is 18.6 Å². The van der Waals surface area contributed by atoms with Gasteiger partial charge in [0.25, 0.3) is 0 Å². The third kappa shape index (κ3) is 1.22. The van der Waals surface area contributed by atoms with Crippen molar-refractivity contribution in [1.29, 1.82) is 0 Å². The second-order valence-corrected chi connectivity index (χ2v) is 2.90. The predicted molar refractivity (Wildman–Crippen MR) is 47.6 cm³/mol. The molecule has 12 heavy (non-hydrogen) atoms. The van der Waals surface area contributed by atoms with E-state index in [4.69, 9.17) is 4.74 Å². The van der Waals surface area contributed by atoms with Crippen molar-refractivity contribution >= 4 is 5.69 Å². The summed E-state index contributed by atoms with van der Waals surface area (Å²) in [6.07, 6.45) is 4.02. The zero-order valence-electron chi connectivity index (χ0n) is 7.13. The number of hydrogen-bond acceptors (Lipinski definition) is 3. The number of methoxy groups -OCH3 is 1. The van der Waals surface area contributed by atoms with Crippen LogP contribution in [0.15, 0.2) is 12.3 Å². The summed E-state index contributed by atoms with van der Waals surface area (Å²) in [6, 6.07) is 2.00. The summed E-state index contributed by atoms with van der Waals surface area (Å²) in [5.41, 5.74) is 2.28. The molecule has 64 valence electrons. The number of nitrogens with zero attached hydrogens (tertiary/aromatic N) is 1. The molecular formula is C9H12N2O. The molecule has 0 radical (unpaired) electrons. The lowest BCUT2D eigenvalue weighted by Crippen LogP contribution is -2.12. The molecule has 1 aliphatic rings. The van der Waals surface area contributed by atoms with Crippen LogP contribution in [0, 0.1) is 0 Å². The summed E-state index contributed by atoms with van der Waals surface area (Å²) in [5.74, 6) is 0.822. The molecule has 0 aliphatic carbocycles. The fraction of sp³-hybridized carbons (Fsp3) is 0.444. The maximum absolute atomic E-state index is 5.08. The lowest BCUT2D eigenvalue weighted by atomic mass is 10.1. The SMILES string of the molecule is COc1cnc2c(c1)NCCC2. The van der Waals surface area contributed by atoms with E-state index in [1.165, 1.54) is 6.42 Å². The van der Waals surface area contributed by atoms with Crippen LogP contribution in [0.4, 0.5) is 5.69 Å². The second kappa shape index (κ2) is 3.01. The first-order chi connectivity index (χ1) is 5.90. The van der Waals surface area contributed by atoms with Gasteiger partial charge in [-0.05, 0) is 12.8 Å². The molecule has 0 bridgehead atoms. The molecule has 1 aromatic heterocycles. The van der Waals surface area contributed by atoms with Gasteiger partial charge in [-0.1, -0.05) is 0 Å². The predicted octanol–water partition coefficient (Wildman–Crippen LogP) is 1.45. The van der Waals surface area contributed by atoms with Crippen LogP contribution in [0.3, 0.4) is 0 Å². The van der Waals surface area contributed by atoms with Crippen molar-refractivity contribution in [2.75, 3.05) is 19.0 Å². The monoisotopic (exact) mass is 164 g/mol. The van der Waals surface area contributed by atoms with Gasteiger partial charge in [0.1, 0.15) is 5.75 Å². The summed E-state index contributed by atoms with van der Waals surface area (Å²) in [5, 5.41) is 3.29. The number of pyridine rings is 1. The maximum Gasteiger partial charge on any atom is 0.139 e. The van der Waals surface area contributed by atoms with Crippen LogP contribution < -0.4 is 10.1 Å². The third-order valence-electron chi connectivity index (χ3n) is 2.09. The highest BCUT2D eigenvalue weighted by Crippen LogP contribution is 2.23. The standard InChI is InChI=1S/C9H12N2O/c1-12-7-5-9-8(11-6-7)3-2-4-10-9/h5-6,10H,2-4H2,1H3. The molecule has 0 saturated heterocycles. The van der Waals surface area contributed by atoms with Crippen molar-refractivity contribution in [1.82, 2.24) is 4.98 Å². The minimum absolute atomic E-state index is 0.822.